The van der Waals surface area contributed by atoms with E-state index in [9.17, 15) is 0 Å². The van der Waals surface area contributed by atoms with Gasteiger partial charge >= 0.3 is 0 Å². The molecule has 0 bridgehead atoms. The maximum atomic E-state index is 5.77. The summed E-state index contributed by atoms with van der Waals surface area (Å²) in [6.07, 6.45) is 1.88. The van der Waals surface area contributed by atoms with Gasteiger partial charge in [-0.05, 0) is 45.0 Å². The second-order valence-electron chi connectivity index (χ2n) is 4.50. The van der Waals surface area contributed by atoms with Crippen LogP contribution in [0.4, 0.5) is 0 Å². The number of ether oxygens (including phenoxy) is 1. The van der Waals surface area contributed by atoms with E-state index in [4.69, 9.17) is 4.74 Å². The highest BCUT2D eigenvalue weighted by atomic mass is 79.9. The molecule has 18 heavy (non-hydrogen) atoms. The van der Waals surface area contributed by atoms with Gasteiger partial charge < -0.3 is 9.30 Å². The largest absolute Gasteiger partial charge is 0.487 e. The molecule has 4 heteroatoms. The van der Waals surface area contributed by atoms with Crippen LogP contribution in [0.25, 0.3) is 0 Å². The molecule has 2 rings (SSSR count). The molecule has 0 unspecified atom stereocenters. The van der Waals surface area contributed by atoms with E-state index in [0.29, 0.717) is 12.6 Å². The SMILES string of the molecule is Cc1ncc(COc2ccc(Br)cc2)n1C(C)C. The smallest absolute Gasteiger partial charge is 0.130 e. The Hall–Kier alpha value is -1.29. The van der Waals surface area contributed by atoms with Crippen LogP contribution in [-0.2, 0) is 6.61 Å². The van der Waals surface area contributed by atoms with Gasteiger partial charge in [-0.1, -0.05) is 15.9 Å². The summed E-state index contributed by atoms with van der Waals surface area (Å²) in [6.45, 7) is 6.86. The first-order valence-electron chi connectivity index (χ1n) is 5.99. The third-order valence-electron chi connectivity index (χ3n) is 2.78. The lowest BCUT2D eigenvalue weighted by atomic mass is 10.3. The Balaban J connectivity index is 2.08. The maximum Gasteiger partial charge on any atom is 0.130 e. The van der Waals surface area contributed by atoms with Crippen molar-refractivity contribution < 1.29 is 4.74 Å². The van der Waals surface area contributed by atoms with Crippen molar-refractivity contribution in [2.45, 2.75) is 33.4 Å². The van der Waals surface area contributed by atoms with Crippen LogP contribution < -0.4 is 4.74 Å². The Bertz CT molecular complexity index is 517. The van der Waals surface area contributed by atoms with Crippen molar-refractivity contribution in [2.75, 3.05) is 0 Å². The third-order valence-corrected chi connectivity index (χ3v) is 3.30. The fourth-order valence-corrected chi connectivity index (χ4v) is 2.26. The average molecular weight is 309 g/mol. The van der Waals surface area contributed by atoms with E-state index >= 15 is 0 Å². The number of hydrogen-bond acceptors (Lipinski definition) is 2. The zero-order valence-corrected chi connectivity index (χ0v) is 12.4. The first kappa shape index (κ1) is 13.1. The fraction of sp³-hybridized carbons (Fsp3) is 0.357. The molecule has 0 saturated carbocycles. The molecule has 0 amide bonds. The topological polar surface area (TPSA) is 27.1 Å². The van der Waals surface area contributed by atoms with Crippen molar-refractivity contribution >= 4 is 15.9 Å². The number of rotatable bonds is 4. The van der Waals surface area contributed by atoms with E-state index in [0.717, 1.165) is 21.7 Å². The number of aromatic nitrogens is 2. The highest BCUT2D eigenvalue weighted by Gasteiger charge is 2.09. The van der Waals surface area contributed by atoms with Crippen molar-refractivity contribution in [2.24, 2.45) is 0 Å². The Labute approximate surface area is 116 Å². The number of benzene rings is 1. The van der Waals surface area contributed by atoms with E-state index in [2.05, 4.69) is 39.3 Å². The molecule has 0 N–H and O–H groups in total. The summed E-state index contributed by atoms with van der Waals surface area (Å²) in [6, 6.07) is 8.25. The molecule has 0 saturated heterocycles. The molecule has 0 aliphatic rings. The molecule has 2 aromatic rings. The van der Waals surface area contributed by atoms with Crippen LogP contribution in [0.1, 0.15) is 31.4 Å². The van der Waals surface area contributed by atoms with Crippen molar-refractivity contribution in [3.8, 4) is 5.75 Å². The van der Waals surface area contributed by atoms with Crippen LogP contribution in [0.3, 0.4) is 0 Å². The van der Waals surface area contributed by atoms with E-state index in [1.807, 2.05) is 37.4 Å². The lowest BCUT2D eigenvalue weighted by molar-refractivity contribution is 0.291. The van der Waals surface area contributed by atoms with Gasteiger partial charge in [0, 0.05) is 10.5 Å². The number of hydrogen-bond donors (Lipinski definition) is 0. The summed E-state index contributed by atoms with van der Waals surface area (Å²) in [5.41, 5.74) is 1.10. The zero-order valence-electron chi connectivity index (χ0n) is 10.9. The van der Waals surface area contributed by atoms with Gasteiger partial charge in [-0.3, -0.25) is 0 Å². The maximum absolute atomic E-state index is 5.77. The van der Waals surface area contributed by atoms with E-state index in [1.165, 1.54) is 0 Å². The molecule has 1 aromatic carbocycles. The second kappa shape index (κ2) is 5.57. The molecule has 0 spiro atoms. The van der Waals surface area contributed by atoms with E-state index < -0.39 is 0 Å². The minimum Gasteiger partial charge on any atom is -0.487 e. The number of imidazole rings is 1. The molecular weight excluding hydrogens is 292 g/mol. The zero-order chi connectivity index (χ0) is 13.1. The van der Waals surface area contributed by atoms with Crippen LogP contribution in [0.5, 0.6) is 5.75 Å². The predicted octanol–water partition coefficient (Wildman–Crippen LogP) is 4.11. The summed E-state index contributed by atoms with van der Waals surface area (Å²) in [7, 11) is 0. The highest BCUT2D eigenvalue weighted by Crippen LogP contribution is 2.19. The highest BCUT2D eigenvalue weighted by molar-refractivity contribution is 9.10. The Morgan fingerprint density at radius 3 is 2.56 bits per heavy atom. The van der Waals surface area contributed by atoms with Crippen LogP contribution in [0.15, 0.2) is 34.9 Å². The molecule has 3 nitrogen and oxygen atoms in total. The van der Waals surface area contributed by atoms with Gasteiger partial charge in [-0.2, -0.15) is 0 Å². The fourth-order valence-electron chi connectivity index (χ4n) is 2.00. The van der Waals surface area contributed by atoms with Crippen molar-refractivity contribution in [3.05, 3.63) is 46.5 Å². The van der Waals surface area contributed by atoms with Gasteiger partial charge in [0.25, 0.3) is 0 Å². The van der Waals surface area contributed by atoms with Gasteiger partial charge in [-0.25, -0.2) is 4.98 Å². The van der Waals surface area contributed by atoms with Crippen LogP contribution in [-0.4, -0.2) is 9.55 Å². The Morgan fingerprint density at radius 1 is 1.28 bits per heavy atom. The molecule has 1 heterocycles. The van der Waals surface area contributed by atoms with Crippen LogP contribution in [0.2, 0.25) is 0 Å². The number of halogens is 1. The summed E-state index contributed by atoms with van der Waals surface area (Å²) >= 11 is 3.41. The molecule has 0 aliphatic heterocycles. The Morgan fingerprint density at radius 2 is 1.94 bits per heavy atom. The summed E-state index contributed by atoms with van der Waals surface area (Å²) in [4.78, 5) is 4.34. The minimum absolute atomic E-state index is 0.399. The molecule has 0 atom stereocenters. The molecular formula is C14H17BrN2O. The van der Waals surface area contributed by atoms with Gasteiger partial charge in [0.15, 0.2) is 0 Å². The molecule has 0 aliphatic carbocycles. The second-order valence-corrected chi connectivity index (χ2v) is 5.42. The van der Waals surface area contributed by atoms with E-state index in [1.54, 1.807) is 0 Å². The van der Waals surface area contributed by atoms with Crippen LogP contribution in [0, 0.1) is 6.92 Å². The van der Waals surface area contributed by atoms with Crippen molar-refractivity contribution in [3.63, 3.8) is 0 Å². The first-order chi connectivity index (χ1) is 8.58. The van der Waals surface area contributed by atoms with Crippen molar-refractivity contribution in [1.29, 1.82) is 0 Å². The first-order valence-corrected chi connectivity index (χ1v) is 6.78. The lowest BCUT2D eigenvalue weighted by Crippen LogP contribution is -2.09. The van der Waals surface area contributed by atoms with Crippen LogP contribution >= 0.6 is 15.9 Å². The predicted molar refractivity (Wildman–Crippen MR) is 75.8 cm³/mol. The molecule has 0 radical (unpaired) electrons. The number of aryl methyl sites for hydroxylation is 1. The number of nitrogens with zero attached hydrogens (tertiary/aromatic N) is 2. The van der Waals surface area contributed by atoms with E-state index in [-0.39, 0.29) is 0 Å². The molecule has 0 fully saturated rings. The molecule has 1 aromatic heterocycles. The minimum atomic E-state index is 0.399. The van der Waals surface area contributed by atoms with Gasteiger partial charge in [0.05, 0.1) is 11.9 Å². The standard InChI is InChI=1S/C14H17BrN2O/c1-10(2)17-11(3)16-8-13(17)9-18-14-6-4-12(15)5-7-14/h4-8,10H,9H2,1-3H3. The third kappa shape index (κ3) is 2.93. The normalized spacial score (nSPS) is 10.9. The van der Waals surface area contributed by atoms with Gasteiger partial charge in [-0.15, -0.1) is 0 Å². The monoisotopic (exact) mass is 308 g/mol. The summed E-state index contributed by atoms with van der Waals surface area (Å²) in [5, 5.41) is 0. The quantitative estimate of drug-likeness (QED) is 0.849. The summed E-state index contributed by atoms with van der Waals surface area (Å²) in [5.74, 6) is 1.90. The molecule has 96 valence electrons. The Kier molecular flexibility index (Phi) is 4.07. The summed E-state index contributed by atoms with van der Waals surface area (Å²) < 4.78 is 9.02. The lowest BCUT2D eigenvalue weighted by Gasteiger charge is -2.14. The van der Waals surface area contributed by atoms with Gasteiger partial charge in [0.2, 0.25) is 0 Å². The average Bonchev–Trinajstić information content (AvgIpc) is 2.70. The van der Waals surface area contributed by atoms with Crippen molar-refractivity contribution in [1.82, 2.24) is 9.55 Å². The van der Waals surface area contributed by atoms with Gasteiger partial charge in [0.1, 0.15) is 18.2 Å².